The van der Waals surface area contributed by atoms with E-state index in [1.807, 2.05) is 20.8 Å². The van der Waals surface area contributed by atoms with Gasteiger partial charge in [0.05, 0.1) is 17.8 Å². The Balaban J connectivity index is 1.89. The number of anilines is 1. The first-order valence-electron chi connectivity index (χ1n) is 8.03. The number of fused-ring (bicyclic) bond motifs is 1. The van der Waals surface area contributed by atoms with Crippen LogP contribution in [0.2, 0.25) is 10.0 Å². The van der Waals surface area contributed by atoms with Crippen molar-refractivity contribution in [3.05, 3.63) is 50.4 Å². The van der Waals surface area contributed by atoms with Crippen molar-refractivity contribution < 1.29 is 5.11 Å². The largest absolute Gasteiger partial charge is 0.386 e. The first-order chi connectivity index (χ1) is 12.2. The van der Waals surface area contributed by atoms with Crippen LogP contribution in [0, 0.1) is 0 Å². The summed E-state index contributed by atoms with van der Waals surface area (Å²) in [7, 11) is 0. The van der Waals surface area contributed by atoms with Gasteiger partial charge in [-0.05, 0) is 32.9 Å². The number of nitrogens with one attached hydrogen (secondary N) is 2. The molecular formula is C17H19Cl2N5O2. The summed E-state index contributed by atoms with van der Waals surface area (Å²) in [4.78, 5) is 19.3. The van der Waals surface area contributed by atoms with Gasteiger partial charge in [-0.25, -0.2) is 4.68 Å². The van der Waals surface area contributed by atoms with Crippen LogP contribution in [0.15, 0.2) is 29.2 Å². The molecule has 0 radical (unpaired) electrons. The van der Waals surface area contributed by atoms with Gasteiger partial charge in [0, 0.05) is 22.2 Å². The smallest absolute Gasteiger partial charge is 0.263 e. The maximum absolute atomic E-state index is 12.3. The quantitative estimate of drug-likeness (QED) is 0.629. The summed E-state index contributed by atoms with van der Waals surface area (Å²) in [6.07, 6.45) is 0.527. The summed E-state index contributed by atoms with van der Waals surface area (Å²) < 4.78 is 1.68. The third kappa shape index (κ3) is 3.56. The average molecular weight is 396 g/mol. The lowest BCUT2D eigenvalue weighted by molar-refractivity contribution is 0.191. The number of rotatable bonds is 4. The monoisotopic (exact) mass is 395 g/mol. The molecule has 26 heavy (non-hydrogen) atoms. The van der Waals surface area contributed by atoms with Crippen LogP contribution in [0.5, 0.6) is 0 Å². The van der Waals surface area contributed by atoms with Crippen LogP contribution in [-0.4, -0.2) is 31.4 Å². The molecule has 3 rings (SSSR count). The summed E-state index contributed by atoms with van der Waals surface area (Å²) in [5.74, 6) is 0.232. The van der Waals surface area contributed by atoms with Crippen molar-refractivity contribution in [2.45, 2.75) is 32.4 Å². The Kier molecular flexibility index (Phi) is 4.96. The van der Waals surface area contributed by atoms with Gasteiger partial charge in [-0.3, -0.25) is 9.78 Å². The number of aliphatic hydroxyl groups is 1. The van der Waals surface area contributed by atoms with Gasteiger partial charge in [0.2, 0.25) is 5.95 Å². The first-order valence-corrected chi connectivity index (χ1v) is 8.78. The molecule has 1 unspecified atom stereocenters. The molecule has 0 aliphatic heterocycles. The zero-order valence-electron chi connectivity index (χ0n) is 14.5. The van der Waals surface area contributed by atoms with Crippen LogP contribution in [0.4, 0.5) is 5.95 Å². The Labute approximate surface area is 160 Å². The number of hydrogen-bond donors (Lipinski definition) is 3. The van der Waals surface area contributed by atoms with Gasteiger partial charge in [0.15, 0.2) is 5.65 Å². The number of halogens is 2. The minimum absolute atomic E-state index is 0.0710. The topological polar surface area (TPSA) is 95.8 Å². The molecule has 0 fully saturated rings. The van der Waals surface area contributed by atoms with Crippen LogP contribution < -0.4 is 10.9 Å². The second-order valence-corrected chi connectivity index (χ2v) is 7.73. The fourth-order valence-electron chi connectivity index (χ4n) is 2.62. The summed E-state index contributed by atoms with van der Waals surface area (Å²) in [6, 6.07) is 5.01. The van der Waals surface area contributed by atoms with Crippen molar-refractivity contribution in [3.63, 3.8) is 0 Å². The highest BCUT2D eigenvalue weighted by atomic mass is 35.5. The lowest BCUT2D eigenvalue weighted by Gasteiger charge is -2.20. The van der Waals surface area contributed by atoms with E-state index in [2.05, 4.69) is 20.4 Å². The van der Waals surface area contributed by atoms with E-state index in [-0.39, 0.29) is 23.6 Å². The molecule has 2 heterocycles. The fourth-order valence-corrected chi connectivity index (χ4v) is 3.27. The highest BCUT2D eigenvalue weighted by Gasteiger charge is 2.20. The van der Waals surface area contributed by atoms with Gasteiger partial charge in [0.1, 0.15) is 5.39 Å². The maximum Gasteiger partial charge on any atom is 0.263 e. The van der Waals surface area contributed by atoms with Gasteiger partial charge in [0.25, 0.3) is 5.56 Å². The summed E-state index contributed by atoms with van der Waals surface area (Å²) in [6.45, 7) is 5.98. The summed E-state index contributed by atoms with van der Waals surface area (Å²) in [5, 5.41) is 18.7. The zero-order valence-corrected chi connectivity index (χ0v) is 16.1. The van der Waals surface area contributed by atoms with E-state index in [0.29, 0.717) is 26.6 Å². The molecule has 0 saturated heterocycles. The second-order valence-electron chi connectivity index (χ2n) is 6.91. The highest BCUT2D eigenvalue weighted by Crippen LogP contribution is 2.30. The molecule has 0 amide bonds. The number of aromatic amines is 1. The lowest BCUT2D eigenvalue weighted by atomic mass is 10.1. The van der Waals surface area contributed by atoms with Crippen LogP contribution in [0.1, 0.15) is 32.4 Å². The number of aromatic nitrogens is 4. The minimum atomic E-state index is -0.968. The van der Waals surface area contributed by atoms with Crippen molar-refractivity contribution in [3.8, 4) is 0 Å². The normalized spacial score (nSPS) is 13.2. The molecule has 2 aromatic heterocycles. The van der Waals surface area contributed by atoms with Gasteiger partial charge in [-0.15, -0.1) is 0 Å². The molecule has 0 bridgehead atoms. The second kappa shape index (κ2) is 6.90. The Morgan fingerprint density at radius 3 is 2.58 bits per heavy atom. The van der Waals surface area contributed by atoms with E-state index < -0.39 is 6.10 Å². The van der Waals surface area contributed by atoms with Gasteiger partial charge in [-0.2, -0.15) is 10.1 Å². The minimum Gasteiger partial charge on any atom is -0.386 e. The molecule has 3 N–H and O–H groups in total. The molecule has 1 atom stereocenters. The molecule has 0 aliphatic carbocycles. The molecule has 138 valence electrons. The molecule has 7 nitrogen and oxygen atoms in total. The predicted octanol–water partition coefficient (Wildman–Crippen LogP) is 3.33. The van der Waals surface area contributed by atoms with E-state index in [1.165, 1.54) is 6.20 Å². The third-order valence-electron chi connectivity index (χ3n) is 3.87. The van der Waals surface area contributed by atoms with Gasteiger partial charge >= 0.3 is 0 Å². The fraction of sp³-hybridized carbons (Fsp3) is 0.353. The Morgan fingerprint density at radius 2 is 1.96 bits per heavy atom. The first kappa shape index (κ1) is 18.7. The number of H-pyrrole nitrogens is 1. The van der Waals surface area contributed by atoms with E-state index in [9.17, 15) is 9.90 Å². The molecule has 3 aromatic rings. The number of benzene rings is 1. The van der Waals surface area contributed by atoms with Gasteiger partial charge in [-0.1, -0.05) is 29.3 Å². The van der Waals surface area contributed by atoms with Crippen LogP contribution in [-0.2, 0) is 5.54 Å². The third-order valence-corrected chi connectivity index (χ3v) is 4.53. The predicted molar refractivity (Wildman–Crippen MR) is 103 cm³/mol. The van der Waals surface area contributed by atoms with Crippen molar-refractivity contribution in [1.29, 1.82) is 0 Å². The van der Waals surface area contributed by atoms with Crippen LogP contribution >= 0.6 is 23.2 Å². The molecular weight excluding hydrogens is 377 g/mol. The van der Waals surface area contributed by atoms with Crippen molar-refractivity contribution in [2.24, 2.45) is 0 Å². The highest BCUT2D eigenvalue weighted by molar-refractivity contribution is 6.36. The van der Waals surface area contributed by atoms with E-state index in [0.717, 1.165) is 0 Å². The standard InChI is InChI=1S/C17H19Cl2N5O2/c1-17(2,3)24-14-9(7-21-24)15(26)23-16(22-14)20-8-12(25)13-10(18)5-4-6-11(13)19/h4-7,12,25H,8H2,1-3H3,(H2,20,22,23,26). The lowest BCUT2D eigenvalue weighted by Crippen LogP contribution is -2.24. The maximum atomic E-state index is 12.3. The van der Waals surface area contributed by atoms with Crippen molar-refractivity contribution in [1.82, 2.24) is 19.7 Å². The molecule has 0 spiro atoms. The van der Waals surface area contributed by atoms with Crippen LogP contribution in [0.3, 0.4) is 0 Å². The molecule has 0 aliphatic rings. The summed E-state index contributed by atoms with van der Waals surface area (Å²) >= 11 is 12.2. The summed E-state index contributed by atoms with van der Waals surface area (Å²) in [5.41, 5.74) is 0.253. The SMILES string of the molecule is CC(C)(C)n1ncc2c(=O)[nH]c(NCC(O)c3c(Cl)cccc3Cl)nc21. The molecule has 1 aromatic carbocycles. The van der Waals surface area contributed by atoms with Gasteiger partial charge < -0.3 is 10.4 Å². The number of aliphatic hydroxyl groups excluding tert-OH is 1. The van der Waals surface area contributed by atoms with Crippen LogP contribution in [0.25, 0.3) is 11.0 Å². The zero-order chi connectivity index (χ0) is 19.1. The average Bonchev–Trinajstić information content (AvgIpc) is 2.97. The Hall–Kier alpha value is -2.09. The Bertz CT molecular complexity index is 986. The number of nitrogens with zero attached hydrogens (tertiary/aromatic N) is 3. The number of hydrogen-bond acceptors (Lipinski definition) is 5. The van der Waals surface area contributed by atoms with Crippen molar-refractivity contribution >= 4 is 40.2 Å². The van der Waals surface area contributed by atoms with E-state index in [1.54, 1.807) is 22.9 Å². The Morgan fingerprint density at radius 1 is 1.31 bits per heavy atom. The van der Waals surface area contributed by atoms with E-state index >= 15 is 0 Å². The molecule has 0 saturated carbocycles. The van der Waals surface area contributed by atoms with Crippen molar-refractivity contribution in [2.75, 3.05) is 11.9 Å². The molecule has 9 heteroatoms. The van der Waals surface area contributed by atoms with E-state index in [4.69, 9.17) is 23.2 Å².